The number of esters is 2. The summed E-state index contributed by atoms with van der Waals surface area (Å²) in [6.07, 6.45) is 44.6. The molecule has 0 spiro atoms. The van der Waals surface area contributed by atoms with E-state index in [2.05, 4.69) is 62.5 Å². The van der Waals surface area contributed by atoms with Crippen molar-refractivity contribution in [2.24, 2.45) is 0 Å². The van der Waals surface area contributed by atoms with Crippen molar-refractivity contribution in [2.45, 2.75) is 173 Å². The molecule has 1 saturated heterocycles. The SMILES string of the molecule is CC/C=C\CC1OC1C/C=C\C/C=C\C/C=C\C/C=C\CCC(=O)OC[C@@H](O)COC(=O)CCCCCCCCCCCCCCC. The summed E-state index contributed by atoms with van der Waals surface area (Å²) in [5, 5.41) is 9.99. The number of carbonyl (C=O) groups is 2. The molecule has 1 N–H and O–H groups in total. The fourth-order valence-electron chi connectivity index (χ4n) is 5.21. The van der Waals surface area contributed by atoms with E-state index in [0.29, 0.717) is 25.0 Å². The molecule has 6 nitrogen and oxygen atoms in total. The lowest BCUT2D eigenvalue weighted by molar-refractivity contribution is -0.152. The molecule has 268 valence electrons. The van der Waals surface area contributed by atoms with Gasteiger partial charge in [-0.3, -0.25) is 9.59 Å². The van der Waals surface area contributed by atoms with Gasteiger partial charge in [0.1, 0.15) is 19.3 Å². The molecule has 3 atom stereocenters. The second-order valence-electron chi connectivity index (χ2n) is 12.7. The fraction of sp³-hybridized carbons (Fsp3) is 0.707. The Morgan fingerprint density at radius 2 is 1.00 bits per heavy atom. The molecule has 1 aliphatic rings. The van der Waals surface area contributed by atoms with Crippen molar-refractivity contribution >= 4 is 11.9 Å². The summed E-state index contributed by atoms with van der Waals surface area (Å²) in [7, 11) is 0. The van der Waals surface area contributed by atoms with Gasteiger partial charge >= 0.3 is 11.9 Å². The van der Waals surface area contributed by atoms with Gasteiger partial charge in [-0.2, -0.15) is 0 Å². The van der Waals surface area contributed by atoms with E-state index in [-0.39, 0.29) is 31.6 Å². The van der Waals surface area contributed by atoms with Crippen LogP contribution in [-0.2, 0) is 23.8 Å². The first-order valence-electron chi connectivity index (χ1n) is 19.0. The van der Waals surface area contributed by atoms with Gasteiger partial charge in [0.05, 0.1) is 12.2 Å². The monoisotopic (exact) mass is 657 g/mol. The number of allylic oxidation sites excluding steroid dienone is 8. The van der Waals surface area contributed by atoms with Crippen LogP contribution in [-0.4, -0.2) is 48.6 Å². The van der Waals surface area contributed by atoms with E-state index >= 15 is 0 Å². The van der Waals surface area contributed by atoms with Gasteiger partial charge < -0.3 is 19.3 Å². The highest BCUT2D eigenvalue weighted by Gasteiger charge is 2.35. The number of rotatable bonds is 32. The van der Waals surface area contributed by atoms with Crippen molar-refractivity contribution in [1.29, 1.82) is 0 Å². The summed E-state index contributed by atoms with van der Waals surface area (Å²) in [6.45, 7) is 4.10. The van der Waals surface area contributed by atoms with Gasteiger partial charge in [-0.15, -0.1) is 0 Å². The maximum absolute atomic E-state index is 11.9. The zero-order valence-electron chi connectivity index (χ0n) is 30.0. The van der Waals surface area contributed by atoms with Crippen LogP contribution < -0.4 is 0 Å². The third-order valence-electron chi connectivity index (χ3n) is 8.18. The largest absolute Gasteiger partial charge is 0.463 e. The standard InChI is InChI=1S/C41H68O6/c1-3-5-7-8-9-10-11-12-16-19-22-25-29-33-40(43)45-35-37(42)36-46-41(44)34-30-26-23-20-17-14-13-15-18-21-24-28-32-39-38(47-39)31-27-6-4-2/h6,14-15,17-18,23-24,26-28,37-39,42H,3-5,7-13,16,19-22,25,29-36H2,1-2H3/b17-14-,18-15-,26-23-,27-6-,28-24-/t37-,38?,39?/m0/s1. The minimum Gasteiger partial charge on any atom is -0.463 e. The predicted molar refractivity (Wildman–Crippen MR) is 195 cm³/mol. The number of ether oxygens (including phenoxy) is 3. The Bertz CT molecular complexity index is 902. The predicted octanol–water partition coefficient (Wildman–Crippen LogP) is 10.6. The van der Waals surface area contributed by atoms with Crippen LogP contribution in [0, 0.1) is 0 Å². The number of unbranched alkanes of at least 4 members (excludes halogenated alkanes) is 12. The molecule has 0 saturated carbocycles. The molecule has 6 heteroatoms. The molecule has 1 rings (SSSR count). The van der Waals surface area contributed by atoms with Crippen molar-refractivity contribution in [3.63, 3.8) is 0 Å². The number of hydrogen-bond acceptors (Lipinski definition) is 6. The molecule has 0 aromatic carbocycles. The van der Waals surface area contributed by atoms with Gasteiger partial charge in [-0.25, -0.2) is 0 Å². The Morgan fingerprint density at radius 1 is 0.574 bits per heavy atom. The van der Waals surface area contributed by atoms with E-state index < -0.39 is 6.10 Å². The third-order valence-corrected chi connectivity index (χ3v) is 8.18. The highest BCUT2D eigenvalue weighted by atomic mass is 16.6. The minimum absolute atomic E-state index is 0.143. The Labute approximate surface area is 287 Å². The Kier molecular flexibility index (Phi) is 29.1. The lowest BCUT2D eigenvalue weighted by Crippen LogP contribution is -2.25. The van der Waals surface area contributed by atoms with Gasteiger partial charge in [0, 0.05) is 12.8 Å². The third kappa shape index (κ3) is 29.4. The maximum atomic E-state index is 11.9. The van der Waals surface area contributed by atoms with Crippen molar-refractivity contribution in [3.8, 4) is 0 Å². The Hall–Kier alpha value is -2.44. The van der Waals surface area contributed by atoms with Crippen molar-refractivity contribution in [2.75, 3.05) is 13.2 Å². The lowest BCUT2D eigenvalue weighted by Gasteiger charge is -2.12. The lowest BCUT2D eigenvalue weighted by atomic mass is 10.0. The smallest absolute Gasteiger partial charge is 0.306 e. The van der Waals surface area contributed by atoms with Crippen LogP contribution in [0.5, 0.6) is 0 Å². The average Bonchev–Trinajstić information content (AvgIpc) is 3.82. The molecular formula is C41H68O6. The summed E-state index contributed by atoms with van der Waals surface area (Å²) in [5.74, 6) is -0.666. The van der Waals surface area contributed by atoms with E-state index in [4.69, 9.17) is 14.2 Å². The summed E-state index contributed by atoms with van der Waals surface area (Å²) in [5.41, 5.74) is 0. The molecule has 1 fully saturated rings. The molecule has 0 aliphatic carbocycles. The molecule has 0 aromatic heterocycles. The number of aliphatic hydroxyl groups excluding tert-OH is 1. The van der Waals surface area contributed by atoms with Crippen molar-refractivity contribution in [3.05, 3.63) is 60.8 Å². The van der Waals surface area contributed by atoms with Crippen LogP contribution in [0.4, 0.5) is 0 Å². The number of epoxide rings is 1. The quantitative estimate of drug-likeness (QED) is 0.0336. The Morgan fingerprint density at radius 3 is 1.51 bits per heavy atom. The molecule has 0 aromatic rings. The zero-order valence-corrected chi connectivity index (χ0v) is 30.0. The summed E-state index contributed by atoms with van der Waals surface area (Å²) in [6, 6.07) is 0. The van der Waals surface area contributed by atoms with Crippen molar-refractivity contribution < 1.29 is 28.9 Å². The van der Waals surface area contributed by atoms with Crippen LogP contribution >= 0.6 is 0 Å². The van der Waals surface area contributed by atoms with E-state index in [1.807, 2.05) is 12.2 Å². The maximum Gasteiger partial charge on any atom is 0.306 e. The van der Waals surface area contributed by atoms with Crippen LogP contribution in [0.2, 0.25) is 0 Å². The zero-order chi connectivity index (χ0) is 34.0. The van der Waals surface area contributed by atoms with E-state index in [1.54, 1.807) is 0 Å². The molecule has 2 unspecified atom stereocenters. The molecule has 47 heavy (non-hydrogen) atoms. The number of carbonyl (C=O) groups excluding carboxylic acids is 2. The highest BCUT2D eigenvalue weighted by molar-refractivity contribution is 5.70. The molecule has 1 aliphatic heterocycles. The summed E-state index contributed by atoms with van der Waals surface area (Å²) in [4.78, 5) is 23.9. The molecule has 0 bridgehead atoms. The van der Waals surface area contributed by atoms with Gasteiger partial charge in [-0.1, -0.05) is 152 Å². The average molecular weight is 657 g/mol. The number of aliphatic hydroxyl groups is 1. The van der Waals surface area contributed by atoms with E-state index in [0.717, 1.165) is 57.8 Å². The second kappa shape index (κ2) is 32.1. The second-order valence-corrected chi connectivity index (χ2v) is 12.7. The fourth-order valence-corrected chi connectivity index (χ4v) is 5.21. The highest BCUT2D eigenvalue weighted by Crippen LogP contribution is 2.29. The summed E-state index contributed by atoms with van der Waals surface area (Å²) < 4.78 is 15.9. The van der Waals surface area contributed by atoms with Gasteiger partial charge in [0.15, 0.2) is 0 Å². The molecular weight excluding hydrogens is 588 g/mol. The van der Waals surface area contributed by atoms with Crippen molar-refractivity contribution in [1.82, 2.24) is 0 Å². The van der Waals surface area contributed by atoms with Crippen LogP contribution in [0.3, 0.4) is 0 Å². The summed E-state index contributed by atoms with van der Waals surface area (Å²) >= 11 is 0. The first-order chi connectivity index (χ1) is 23.1. The molecule has 0 amide bonds. The van der Waals surface area contributed by atoms with Crippen LogP contribution in [0.25, 0.3) is 0 Å². The normalized spacial score (nSPS) is 17.2. The number of hydrogen-bond donors (Lipinski definition) is 1. The minimum atomic E-state index is -0.997. The molecule has 0 radical (unpaired) electrons. The van der Waals surface area contributed by atoms with Crippen LogP contribution in [0.15, 0.2) is 60.8 Å². The van der Waals surface area contributed by atoms with E-state index in [9.17, 15) is 14.7 Å². The van der Waals surface area contributed by atoms with Gasteiger partial charge in [-0.05, 0) is 51.4 Å². The Balaban J connectivity index is 1.88. The van der Waals surface area contributed by atoms with E-state index in [1.165, 1.54) is 64.2 Å². The molecule has 1 heterocycles. The first kappa shape index (κ1) is 42.6. The topological polar surface area (TPSA) is 85.4 Å². The van der Waals surface area contributed by atoms with Crippen LogP contribution in [0.1, 0.15) is 155 Å². The van der Waals surface area contributed by atoms with Gasteiger partial charge in [0.25, 0.3) is 0 Å². The van der Waals surface area contributed by atoms with Gasteiger partial charge in [0.2, 0.25) is 0 Å². The first-order valence-corrected chi connectivity index (χ1v) is 19.0.